The first-order chi connectivity index (χ1) is 13.3. The molecule has 2 aromatic rings. The van der Waals surface area contributed by atoms with Gasteiger partial charge in [-0.25, -0.2) is 8.42 Å². The number of thiophene rings is 1. The van der Waals surface area contributed by atoms with Crippen molar-refractivity contribution in [3.05, 3.63) is 51.2 Å². The maximum Gasteiger partial charge on any atom is 0.223 e. The number of carbonyl (C=O) groups is 1. The number of rotatable bonds is 8. The Kier molecular flexibility index (Phi) is 7.01. The van der Waals surface area contributed by atoms with Gasteiger partial charge in [0.25, 0.3) is 0 Å². The second-order valence-corrected chi connectivity index (χ2v) is 10.7. The summed E-state index contributed by atoms with van der Waals surface area (Å²) in [5, 5.41) is 2.63. The zero-order valence-electron chi connectivity index (χ0n) is 15.8. The molecule has 1 atom stereocenters. The molecule has 0 saturated carbocycles. The number of carbonyl (C=O) groups excluding carboxylic acids is 1. The molecule has 0 radical (unpaired) electrons. The Morgan fingerprint density at radius 2 is 2.18 bits per heavy atom. The fraction of sp³-hybridized carbons (Fsp3) is 0.450. The van der Waals surface area contributed by atoms with Gasteiger partial charge < -0.3 is 9.64 Å². The minimum absolute atomic E-state index is 0.0214. The summed E-state index contributed by atoms with van der Waals surface area (Å²) in [5.41, 5.74) is 0.953. The summed E-state index contributed by atoms with van der Waals surface area (Å²) in [5.74, 6) is 0.955. The second-order valence-electron chi connectivity index (χ2n) is 7.02. The zero-order chi connectivity index (χ0) is 20.1. The van der Waals surface area contributed by atoms with Crippen LogP contribution in [0.5, 0.6) is 5.75 Å². The fourth-order valence-electron chi connectivity index (χ4n) is 3.34. The largest absolute Gasteiger partial charge is 0.493 e. The summed E-state index contributed by atoms with van der Waals surface area (Å²) >= 11 is 7.52. The van der Waals surface area contributed by atoms with Crippen molar-refractivity contribution < 1.29 is 17.9 Å². The van der Waals surface area contributed by atoms with Crippen LogP contribution in [0.4, 0.5) is 0 Å². The molecule has 1 aromatic heterocycles. The van der Waals surface area contributed by atoms with E-state index >= 15 is 0 Å². The van der Waals surface area contributed by atoms with Crippen LogP contribution in [-0.4, -0.2) is 43.4 Å². The van der Waals surface area contributed by atoms with Crippen molar-refractivity contribution in [3.8, 4) is 5.75 Å². The lowest BCUT2D eigenvalue weighted by Gasteiger charge is -2.28. The van der Waals surface area contributed by atoms with Crippen LogP contribution in [-0.2, 0) is 21.2 Å². The molecule has 0 aliphatic carbocycles. The first-order valence-corrected chi connectivity index (χ1v) is 12.3. The molecule has 8 heteroatoms. The maximum absolute atomic E-state index is 12.9. The van der Waals surface area contributed by atoms with Crippen LogP contribution >= 0.6 is 22.9 Å². The van der Waals surface area contributed by atoms with E-state index < -0.39 is 9.84 Å². The molecule has 1 saturated heterocycles. The molecular formula is C20H24ClNO4S2. The highest BCUT2D eigenvalue weighted by Crippen LogP contribution is 2.24. The molecule has 0 bridgehead atoms. The topological polar surface area (TPSA) is 63.7 Å². The average Bonchev–Trinajstić information content (AvgIpc) is 3.27. The molecular weight excluding hydrogens is 418 g/mol. The SMILES string of the molecule is Cc1cc(Cl)ccc1OCCCC(=O)N(Cc1cccs1)C1CCS(=O)(=O)C1. The van der Waals surface area contributed by atoms with E-state index in [9.17, 15) is 13.2 Å². The summed E-state index contributed by atoms with van der Waals surface area (Å²) in [7, 11) is -3.05. The summed E-state index contributed by atoms with van der Waals surface area (Å²) in [6.07, 6.45) is 1.41. The highest BCUT2D eigenvalue weighted by atomic mass is 35.5. The molecule has 1 unspecified atom stereocenters. The van der Waals surface area contributed by atoms with Gasteiger partial charge in [-0.2, -0.15) is 0 Å². The third kappa shape index (κ3) is 5.72. The molecule has 1 aliphatic rings. The van der Waals surface area contributed by atoms with Gasteiger partial charge in [-0.05, 0) is 55.0 Å². The van der Waals surface area contributed by atoms with Gasteiger partial charge in [0, 0.05) is 22.4 Å². The van der Waals surface area contributed by atoms with Gasteiger partial charge in [0.2, 0.25) is 5.91 Å². The molecule has 28 heavy (non-hydrogen) atoms. The number of halogens is 1. The molecule has 0 N–H and O–H groups in total. The lowest BCUT2D eigenvalue weighted by molar-refractivity contribution is -0.134. The van der Waals surface area contributed by atoms with Crippen LogP contribution in [0, 0.1) is 6.92 Å². The van der Waals surface area contributed by atoms with E-state index in [0.29, 0.717) is 37.4 Å². The number of nitrogens with zero attached hydrogens (tertiary/aromatic N) is 1. The Morgan fingerprint density at radius 3 is 2.82 bits per heavy atom. The van der Waals surface area contributed by atoms with Crippen molar-refractivity contribution in [2.75, 3.05) is 18.1 Å². The Morgan fingerprint density at radius 1 is 1.36 bits per heavy atom. The van der Waals surface area contributed by atoms with E-state index in [-0.39, 0.29) is 23.5 Å². The minimum Gasteiger partial charge on any atom is -0.493 e. The summed E-state index contributed by atoms with van der Waals surface area (Å²) in [6, 6.07) is 9.12. The molecule has 5 nitrogen and oxygen atoms in total. The van der Waals surface area contributed by atoms with Crippen LogP contribution in [0.2, 0.25) is 5.02 Å². The monoisotopic (exact) mass is 441 g/mol. The van der Waals surface area contributed by atoms with Gasteiger partial charge in [-0.1, -0.05) is 17.7 Å². The van der Waals surface area contributed by atoms with Crippen LogP contribution in [0.15, 0.2) is 35.7 Å². The number of hydrogen-bond donors (Lipinski definition) is 0. The zero-order valence-corrected chi connectivity index (χ0v) is 18.2. The molecule has 1 aliphatic heterocycles. The highest BCUT2D eigenvalue weighted by molar-refractivity contribution is 7.91. The number of amides is 1. The van der Waals surface area contributed by atoms with Crippen LogP contribution < -0.4 is 4.74 Å². The Bertz CT molecular complexity index is 912. The van der Waals surface area contributed by atoms with Crippen LogP contribution in [0.3, 0.4) is 0 Å². The van der Waals surface area contributed by atoms with E-state index in [1.807, 2.05) is 36.6 Å². The van der Waals surface area contributed by atoms with E-state index in [0.717, 1.165) is 16.2 Å². The number of aryl methyl sites for hydroxylation is 1. The summed E-state index contributed by atoms with van der Waals surface area (Å²) in [4.78, 5) is 15.7. The summed E-state index contributed by atoms with van der Waals surface area (Å²) in [6.45, 7) is 2.81. The Labute approximate surface area is 175 Å². The van der Waals surface area contributed by atoms with E-state index in [4.69, 9.17) is 16.3 Å². The number of sulfone groups is 1. The second kappa shape index (κ2) is 9.29. The first kappa shape index (κ1) is 21.1. The predicted molar refractivity (Wildman–Crippen MR) is 113 cm³/mol. The van der Waals surface area contributed by atoms with Crippen LogP contribution in [0.1, 0.15) is 29.7 Å². The summed E-state index contributed by atoms with van der Waals surface area (Å²) < 4.78 is 29.5. The van der Waals surface area contributed by atoms with E-state index in [1.165, 1.54) is 0 Å². The van der Waals surface area contributed by atoms with Crippen molar-refractivity contribution >= 4 is 38.7 Å². The molecule has 3 rings (SSSR count). The lowest BCUT2D eigenvalue weighted by Crippen LogP contribution is -2.40. The first-order valence-electron chi connectivity index (χ1n) is 9.25. The van der Waals surface area contributed by atoms with E-state index in [2.05, 4.69) is 0 Å². The van der Waals surface area contributed by atoms with Gasteiger partial charge in [0.1, 0.15) is 5.75 Å². The van der Waals surface area contributed by atoms with Gasteiger partial charge in [-0.15, -0.1) is 11.3 Å². The smallest absolute Gasteiger partial charge is 0.223 e. The van der Waals surface area contributed by atoms with Crippen LogP contribution in [0.25, 0.3) is 0 Å². The highest BCUT2D eigenvalue weighted by Gasteiger charge is 2.34. The number of benzene rings is 1. The molecule has 0 spiro atoms. The number of ether oxygens (including phenoxy) is 1. The standard InChI is InChI=1S/C20H24ClNO4S2/c1-15-12-16(21)6-7-19(15)26-9-2-5-20(23)22(13-18-4-3-10-27-18)17-8-11-28(24,25)14-17/h3-4,6-7,10,12,17H,2,5,8-9,11,13-14H2,1H3. The van der Waals surface area contributed by atoms with Gasteiger partial charge in [-0.3, -0.25) is 4.79 Å². The molecule has 1 aromatic carbocycles. The van der Waals surface area contributed by atoms with Crippen molar-refractivity contribution in [2.45, 2.75) is 38.8 Å². The quantitative estimate of drug-likeness (QED) is 0.579. The Balaban J connectivity index is 1.56. The van der Waals surface area contributed by atoms with Gasteiger partial charge in [0.05, 0.1) is 24.7 Å². The predicted octanol–water partition coefficient (Wildman–Crippen LogP) is 4.08. The van der Waals surface area contributed by atoms with Crippen molar-refractivity contribution in [2.24, 2.45) is 0 Å². The average molecular weight is 442 g/mol. The van der Waals surface area contributed by atoms with Crippen molar-refractivity contribution in [1.29, 1.82) is 0 Å². The maximum atomic E-state index is 12.9. The van der Waals surface area contributed by atoms with Crippen molar-refractivity contribution in [1.82, 2.24) is 4.90 Å². The molecule has 1 fully saturated rings. The lowest BCUT2D eigenvalue weighted by atomic mass is 10.2. The van der Waals surface area contributed by atoms with Gasteiger partial charge in [0.15, 0.2) is 9.84 Å². The molecule has 2 heterocycles. The van der Waals surface area contributed by atoms with Crippen molar-refractivity contribution in [3.63, 3.8) is 0 Å². The molecule has 152 valence electrons. The minimum atomic E-state index is -3.05. The number of hydrogen-bond acceptors (Lipinski definition) is 5. The molecule has 1 amide bonds. The fourth-order valence-corrected chi connectivity index (χ4v) is 6.00. The van der Waals surface area contributed by atoms with Gasteiger partial charge >= 0.3 is 0 Å². The third-order valence-corrected chi connectivity index (χ3v) is 7.65. The Hall–Kier alpha value is -1.57. The normalized spacial score (nSPS) is 18.1. The van der Waals surface area contributed by atoms with E-state index in [1.54, 1.807) is 22.3 Å². The third-order valence-electron chi connectivity index (χ3n) is 4.81.